The smallest absolute Gasteiger partial charge is 0.241 e. The highest BCUT2D eigenvalue weighted by atomic mass is 32.2. The fraction of sp³-hybridized carbons (Fsp3) is 0.438. The van der Waals surface area contributed by atoms with Crippen LogP contribution in [0.4, 0.5) is 4.39 Å². The van der Waals surface area contributed by atoms with E-state index in [1.807, 2.05) is 20.9 Å². The molecule has 2 rings (SSSR count). The molecule has 0 aliphatic rings. The number of benzene rings is 1. The number of sulfonamides is 1. The largest absolute Gasteiger partial charge is 0.272 e. The summed E-state index contributed by atoms with van der Waals surface area (Å²) in [5, 5.41) is 4.33. The monoisotopic (exact) mass is 339 g/mol. The summed E-state index contributed by atoms with van der Waals surface area (Å²) in [4.78, 5) is -0.0241. The standard InChI is InChI=1S/C16H22FN3O2S/c1-10-6-7-14(17)9-16(10)23(21,22)19-11(2)8-15-12(3)18-20(5)13(15)4/h6-7,9,11,19H,8H2,1-5H3/t11-/m1/s1. The van der Waals surface area contributed by atoms with E-state index in [1.54, 1.807) is 18.5 Å². The normalized spacial score (nSPS) is 13.3. The lowest BCUT2D eigenvalue weighted by Gasteiger charge is -2.16. The van der Waals surface area contributed by atoms with Gasteiger partial charge in [-0.25, -0.2) is 17.5 Å². The summed E-state index contributed by atoms with van der Waals surface area (Å²) < 4.78 is 42.7. The van der Waals surface area contributed by atoms with E-state index in [-0.39, 0.29) is 10.9 Å². The van der Waals surface area contributed by atoms with Crippen LogP contribution in [0.3, 0.4) is 0 Å². The van der Waals surface area contributed by atoms with Gasteiger partial charge in [-0.2, -0.15) is 5.10 Å². The third kappa shape index (κ3) is 3.79. The predicted octanol–water partition coefficient (Wildman–Crippen LogP) is 2.39. The van der Waals surface area contributed by atoms with Crippen LogP contribution in [0.2, 0.25) is 0 Å². The van der Waals surface area contributed by atoms with Crippen LogP contribution in [0.25, 0.3) is 0 Å². The van der Waals surface area contributed by atoms with E-state index in [9.17, 15) is 12.8 Å². The number of hydrogen-bond donors (Lipinski definition) is 1. The van der Waals surface area contributed by atoms with E-state index in [1.165, 1.54) is 12.1 Å². The Kier molecular flexibility index (Phi) is 4.91. The van der Waals surface area contributed by atoms with Crippen LogP contribution in [-0.4, -0.2) is 24.2 Å². The Labute approximate surface area is 136 Å². The van der Waals surface area contributed by atoms with E-state index in [4.69, 9.17) is 0 Å². The fourth-order valence-corrected chi connectivity index (χ4v) is 4.15. The van der Waals surface area contributed by atoms with Gasteiger partial charge in [0.1, 0.15) is 5.82 Å². The third-order valence-electron chi connectivity index (χ3n) is 3.97. The van der Waals surface area contributed by atoms with Gasteiger partial charge in [0.15, 0.2) is 0 Å². The van der Waals surface area contributed by atoms with Crippen LogP contribution in [0, 0.1) is 26.6 Å². The topological polar surface area (TPSA) is 64.0 Å². The van der Waals surface area contributed by atoms with Gasteiger partial charge in [0.05, 0.1) is 10.6 Å². The van der Waals surface area contributed by atoms with Gasteiger partial charge in [-0.05, 0) is 57.4 Å². The van der Waals surface area contributed by atoms with Crippen LogP contribution in [0.1, 0.15) is 29.4 Å². The molecule has 1 N–H and O–H groups in total. The molecule has 1 heterocycles. The van der Waals surface area contributed by atoms with Crippen molar-refractivity contribution in [3.63, 3.8) is 0 Å². The maximum atomic E-state index is 13.4. The molecule has 0 saturated carbocycles. The van der Waals surface area contributed by atoms with Crippen LogP contribution in [-0.2, 0) is 23.5 Å². The zero-order chi connectivity index (χ0) is 17.4. The van der Waals surface area contributed by atoms with Crippen LogP contribution in [0.5, 0.6) is 0 Å². The lowest BCUT2D eigenvalue weighted by molar-refractivity contribution is 0.555. The molecule has 5 nitrogen and oxygen atoms in total. The molecule has 0 spiro atoms. The third-order valence-corrected chi connectivity index (χ3v) is 5.70. The molecule has 0 aliphatic heterocycles. The summed E-state index contributed by atoms with van der Waals surface area (Å²) in [6.07, 6.45) is 0.527. The lowest BCUT2D eigenvalue weighted by Crippen LogP contribution is -2.34. The van der Waals surface area contributed by atoms with Crippen LogP contribution in [0.15, 0.2) is 23.1 Å². The minimum absolute atomic E-state index is 0.0241. The second kappa shape index (κ2) is 6.41. The highest BCUT2D eigenvalue weighted by Crippen LogP contribution is 2.18. The fourth-order valence-electron chi connectivity index (χ4n) is 2.65. The zero-order valence-corrected chi connectivity index (χ0v) is 14.8. The van der Waals surface area contributed by atoms with Crippen molar-refractivity contribution in [2.24, 2.45) is 7.05 Å². The van der Waals surface area contributed by atoms with Crippen LogP contribution >= 0.6 is 0 Å². The van der Waals surface area contributed by atoms with Crippen molar-refractivity contribution >= 4 is 10.0 Å². The maximum absolute atomic E-state index is 13.4. The van der Waals surface area contributed by atoms with Gasteiger partial charge in [0, 0.05) is 18.8 Å². The summed E-state index contributed by atoms with van der Waals surface area (Å²) in [7, 11) is -1.91. The van der Waals surface area contributed by atoms with Gasteiger partial charge in [0.25, 0.3) is 0 Å². The molecule has 0 radical (unpaired) electrons. The molecular formula is C16H22FN3O2S. The molecule has 0 fully saturated rings. The molecule has 126 valence electrons. The summed E-state index contributed by atoms with van der Waals surface area (Å²) in [6.45, 7) is 7.29. The van der Waals surface area contributed by atoms with Gasteiger partial charge in [-0.3, -0.25) is 4.68 Å². The van der Waals surface area contributed by atoms with E-state index in [0.717, 1.165) is 23.0 Å². The maximum Gasteiger partial charge on any atom is 0.241 e. The average Bonchev–Trinajstić information content (AvgIpc) is 2.67. The first-order chi connectivity index (χ1) is 10.6. The molecule has 0 bridgehead atoms. The Balaban J connectivity index is 2.22. The number of halogens is 1. The Hall–Kier alpha value is -1.73. The van der Waals surface area contributed by atoms with E-state index in [0.29, 0.717) is 12.0 Å². The number of nitrogens with one attached hydrogen (secondary N) is 1. The molecule has 0 unspecified atom stereocenters. The molecule has 0 aliphatic carbocycles. The number of nitrogens with zero attached hydrogens (tertiary/aromatic N) is 2. The predicted molar refractivity (Wildman–Crippen MR) is 87.3 cm³/mol. The minimum atomic E-state index is -3.77. The van der Waals surface area contributed by atoms with Gasteiger partial charge in [0.2, 0.25) is 10.0 Å². The van der Waals surface area contributed by atoms with E-state index in [2.05, 4.69) is 9.82 Å². The molecular weight excluding hydrogens is 317 g/mol. The second-order valence-electron chi connectivity index (χ2n) is 5.91. The summed E-state index contributed by atoms with van der Waals surface area (Å²) in [6, 6.07) is 3.43. The average molecular weight is 339 g/mol. The van der Waals surface area contributed by atoms with Crippen molar-refractivity contribution in [2.45, 2.75) is 45.1 Å². The summed E-state index contributed by atoms with van der Waals surface area (Å²) in [5.74, 6) is -0.567. The molecule has 1 aromatic carbocycles. The Morgan fingerprint density at radius 2 is 1.96 bits per heavy atom. The Bertz CT molecular complexity index is 828. The van der Waals surface area contributed by atoms with Crippen molar-refractivity contribution in [1.82, 2.24) is 14.5 Å². The quantitative estimate of drug-likeness (QED) is 0.910. The number of aryl methyl sites for hydroxylation is 3. The van der Waals surface area contributed by atoms with E-state index < -0.39 is 15.8 Å². The van der Waals surface area contributed by atoms with Crippen LogP contribution < -0.4 is 4.72 Å². The summed E-state index contributed by atoms with van der Waals surface area (Å²) >= 11 is 0. The molecule has 7 heteroatoms. The number of rotatable bonds is 5. The summed E-state index contributed by atoms with van der Waals surface area (Å²) in [5.41, 5.74) is 3.44. The Morgan fingerprint density at radius 3 is 2.52 bits per heavy atom. The molecule has 2 aromatic rings. The molecule has 0 amide bonds. The minimum Gasteiger partial charge on any atom is -0.272 e. The second-order valence-corrected chi connectivity index (χ2v) is 7.59. The number of aromatic nitrogens is 2. The Morgan fingerprint density at radius 1 is 1.30 bits per heavy atom. The molecule has 1 atom stereocenters. The van der Waals surface area contributed by atoms with Gasteiger partial charge < -0.3 is 0 Å². The van der Waals surface area contributed by atoms with Gasteiger partial charge >= 0.3 is 0 Å². The SMILES string of the molecule is Cc1ccc(F)cc1S(=O)(=O)N[C@H](C)Cc1c(C)nn(C)c1C. The first kappa shape index (κ1) is 17.6. The van der Waals surface area contributed by atoms with Crippen molar-refractivity contribution in [3.05, 3.63) is 46.5 Å². The van der Waals surface area contributed by atoms with Crippen molar-refractivity contribution < 1.29 is 12.8 Å². The zero-order valence-electron chi connectivity index (χ0n) is 14.0. The molecule has 0 saturated heterocycles. The lowest BCUT2D eigenvalue weighted by atomic mass is 10.1. The first-order valence-electron chi connectivity index (χ1n) is 7.39. The first-order valence-corrected chi connectivity index (χ1v) is 8.87. The van der Waals surface area contributed by atoms with Crippen molar-refractivity contribution in [2.75, 3.05) is 0 Å². The molecule has 23 heavy (non-hydrogen) atoms. The highest BCUT2D eigenvalue weighted by Gasteiger charge is 2.22. The number of hydrogen-bond acceptors (Lipinski definition) is 3. The van der Waals surface area contributed by atoms with Gasteiger partial charge in [-0.1, -0.05) is 6.07 Å². The van der Waals surface area contributed by atoms with Crippen molar-refractivity contribution in [1.29, 1.82) is 0 Å². The van der Waals surface area contributed by atoms with E-state index >= 15 is 0 Å². The highest BCUT2D eigenvalue weighted by molar-refractivity contribution is 7.89. The van der Waals surface area contributed by atoms with Crippen molar-refractivity contribution in [3.8, 4) is 0 Å². The molecule has 1 aromatic heterocycles. The van der Waals surface area contributed by atoms with Gasteiger partial charge in [-0.15, -0.1) is 0 Å².